The molecule has 0 aromatic rings. The van der Waals surface area contributed by atoms with Crippen LogP contribution in [0.15, 0.2) is 60.8 Å². The Morgan fingerprint density at radius 3 is 1.35 bits per heavy atom. The lowest BCUT2D eigenvalue weighted by atomic mass is 9.98. The molecule has 12 nitrogen and oxygen atoms in total. The van der Waals surface area contributed by atoms with Crippen molar-refractivity contribution in [1.82, 2.24) is 0 Å². The molecule has 1 saturated heterocycles. The average molecular weight is 1000 g/mol. The molecule has 408 valence electrons. The summed E-state index contributed by atoms with van der Waals surface area (Å²) in [6.45, 7) is 5.84. The third-order valence-corrected chi connectivity index (χ3v) is 12.6. The van der Waals surface area contributed by atoms with Crippen molar-refractivity contribution in [3.63, 3.8) is 0 Å². The fraction of sp³-hybridized carbons (Fsp3) is 0.763. The van der Waals surface area contributed by atoms with Gasteiger partial charge in [0.2, 0.25) is 0 Å². The lowest BCUT2D eigenvalue weighted by molar-refractivity contribution is -0.301. The maximum absolute atomic E-state index is 13.1. The Morgan fingerprint density at radius 1 is 0.479 bits per heavy atom. The number of carboxylic acid groups (broad SMARTS) is 1. The van der Waals surface area contributed by atoms with E-state index >= 15 is 0 Å². The van der Waals surface area contributed by atoms with Gasteiger partial charge in [-0.05, 0) is 64.2 Å². The van der Waals surface area contributed by atoms with E-state index in [0.717, 1.165) is 89.9 Å². The van der Waals surface area contributed by atoms with Crippen LogP contribution >= 0.6 is 0 Å². The van der Waals surface area contributed by atoms with Gasteiger partial charge in [0.25, 0.3) is 0 Å². The molecule has 3 N–H and O–H groups in total. The normalized spacial score (nSPS) is 18.9. The highest BCUT2D eigenvalue weighted by Crippen LogP contribution is 2.26. The maximum atomic E-state index is 13.1. The number of aliphatic hydroxyl groups excluding tert-OH is 2. The van der Waals surface area contributed by atoms with Crippen LogP contribution in [0.5, 0.6) is 0 Å². The first-order valence-corrected chi connectivity index (χ1v) is 28.3. The summed E-state index contributed by atoms with van der Waals surface area (Å²) in [5.74, 6) is -3.15. The topological polar surface area (TPSA) is 175 Å². The lowest BCUT2D eigenvalue weighted by Gasteiger charge is -2.40. The van der Waals surface area contributed by atoms with Crippen molar-refractivity contribution in [1.29, 1.82) is 0 Å². The highest BCUT2D eigenvalue weighted by molar-refractivity contribution is 5.74. The molecule has 1 heterocycles. The number of carbonyl (C=O) groups is 4. The monoisotopic (exact) mass is 1000 g/mol. The van der Waals surface area contributed by atoms with Crippen LogP contribution in [-0.4, -0.2) is 89.2 Å². The SMILES string of the molecule is CC/C=C\C/C=C\C/C=C\C/C=C\C/C=C\CCCCCC(=O)OC1C(OCC(COC(=O)CCCCCCCCCCCCC)OC(=O)CCCCCCCCCCCCC)OC(C(=O)O)C(O)C1O. The zero-order chi connectivity index (χ0) is 51.8. The third kappa shape index (κ3) is 37.8. The summed E-state index contributed by atoms with van der Waals surface area (Å²) >= 11 is 0. The van der Waals surface area contributed by atoms with E-state index in [2.05, 4.69) is 81.5 Å². The minimum Gasteiger partial charge on any atom is -0.479 e. The van der Waals surface area contributed by atoms with Crippen molar-refractivity contribution in [3.8, 4) is 0 Å². The van der Waals surface area contributed by atoms with Gasteiger partial charge in [-0.1, -0.05) is 216 Å². The number of rotatable bonds is 47. The van der Waals surface area contributed by atoms with E-state index in [1.54, 1.807) is 0 Å². The van der Waals surface area contributed by atoms with Crippen molar-refractivity contribution in [3.05, 3.63) is 60.8 Å². The van der Waals surface area contributed by atoms with Gasteiger partial charge in [0.1, 0.15) is 18.8 Å². The molecule has 0 bridgehead atoms. The molecule has 0 amide bonds. The van der Waals surface area contributed by atoms with E-state index in [4.69, 9.17) is 23.7 Å². The number of aliphatic hydroxyl groups is 2. The summed E-state index contributed by atoms with van der Waals surface area (Å²) < 4.78 is 28.3. The Balaban J connectivity index is 2.70. The van der Waals surface area contributed by atoms with E-state index in [0.29, 0.717) is 19.3 Å². The Kier molecular flexibility index (Phi) is 43.7. The van der Waals surface area contributed by atoms with E-state index in [-0.39, 0.29) is 25.9 Å². The molecule has 6 unspecified atom stereocenters. The van der Waals surface area contributed by atoms with Crippen molar-refractivity contribution in [2.24, 2.45) is 0 Å². The number of carbonyl (C=O) groups excluding carboxylic acids is 3. The van der Waals surface area contributed by atoms with Gasteiger partial charge in [0.05, 0.1) is 6.61 Å². The van der Waals surface area contributed by atoms with Gasteiger partial charge in [0, 0.05) is 19.3 Å². The second-order valence-corrected chi connectivity index (χ2v) is 19.2. The van der Waals surface area contributed by atoms with E-state index in [9.17, 15) is 34.5 Å². The van der Waals surface area contributed by atoms with Gasteiger partial charge >= 0.3 is 23.9 Å². The van der Waals surface area contributed by atoms with Crippen LogP contribution in [0.1, 0.15) is 239 Å². The molecule has 6 atom stereocenters. The van der Waals surface area contributed by atoms with E-state index in [1.807, 2.05) is 0 Å². The van der Waals surface area contributed by atoms with Crippen molar-refractivity contribution in [2.75, 3.05) is 13.2 Å². The van der Waals surface area contributed by atoms with Gasteiger partial charge < -0.3 is 39.0 Å². The minimum atomic E-state index is -1.91. The Labute approximate surface area is 430 Å². The summed E-state index contributed by atoms with van der Waals surface area (Å²) in [6, 6.07) is 0. The number of hydrogen-bond acceptors (Lipinski definition) is 11. The Morgan fingerprint density at radius 2 is 0.887 bits per heavy atom. The predicted molar refractivity (Wildman–Crippen MR) is 285 cm³/mol. The van der Waals surface area contributed by atoms with E-state index < -0.39 is 67.3 Å². The fourth-order valence-corrected chi connectivity index (χ4v) is 8.28. The van der Waals surface area contributed by atoms with E-state index in [1.165, 1.54) is 89.9 Å². The molecule has 0 radical (unpaired) electrons. The summed E-state index contributed by atoms with van der Waals surface area (Å²) in [4.78, 5) is 50.9. The van der Waals surface area contributed by atoms with Crippen molar-refractivity contribution < 1.29 is 58.2 Å². The summed E-state index contributed by atoms with van der Waals surface area (Å²) in [6.07, 6.45) is 44.8. The number of hydrogen-bond donors (Lipinski definition) is 3. The van der Waals surface area contributed by atoms with Gasteiger partial charge in [-0.3, -0.25) is 14.4 Å². The average Bonchev–Trinajstić information content (AvgIpc) is 3.35. The molecular formula is C59H100O12. The molecular weight excluding hydrogens is 901 g/mol. The number of allylic oxidation sites excluding steroid dienone is 10. The highest BCUT2D eigenvalue weighted by atomic mass is 16.7. The van der Waals surface area contributed by atoms with Crippen LogP contribution in [0.25, 0.3) is 0 Å². The van der Waals surface area contributed by atoms with Crippen molar-refractivity contribution >= 4 is 23.9 Å². The zero-order valence-electron chi connectivity index (χ0n) is 44.7. The number of aliphatic carboxylic acids is 1. The largest absolute Gasteiger partial charge is 0.479 e. The van der Waals surface area contributed by atoms with Gasteiger partial charge in [0.15, 0.2) is 24.6 Å². The van der Waals surface area contributed by atoms with Gasteiger partial charge in [-0.2, -0.15) is 0 Å². The van der Waals surface area contributed by atoms with Gasteiger partial charge in [-0.15, -0.1) is 0 Å². The molecule has 0 aromatic carbocycles. The molecule has 0 saturated carbocycles. The fourth-order valence-electron chi connectivity index (χ4n) is 8.28. The first kappa shape index (κ1) is 65.4. The predicted octanol–water partition coefficient (Wildman–Crippen LogP) is 14.0. The van der Waals surface area contributed by atoms with Crippen molar-refractivity contribution in [2.45, 2.75) is 276 Å². The quantitative estimate of drug-likeness (QED) is 0.0228. The molecule has 0 aliphatic carbocycles. The molecule has 0 aromatic heterocycles. The summed E-state index contributed by atoms with van der Waals surface area (Å²) in [5.41, 5.74) is 0. The first-order valence-electron chi connectivity index (χ1n) is 28.3. The number of ether oxygens (including phenoxy) is 5. The molecule has 71 heavy (non-hydrogen) atoms. The van der Waals surface area contributed by atoms with Crippen LogP contribution in [0, 0.1) is 0 Å². The molecule has 1 aliphatic rings. The summed E-state index contributed by atoms with van der Waals surface area (Å²) in [5, 5.41) is 31.4. The number of carboxylic acids is 1. The zero-order valence-corrected chi connectivity index (χ0v) is 44.7. The molecule has 1 aliphatic heterocycles. The van der Waals surface area contributed by atoms with Gasteiger partial charge in [-0.25, -0.2) is 4.79 Å². The second kappa shape index (κ2) is 47.4. The molecule has 12 heteroatoms. The second-order valence-electron chi connectivity index (χ2n) is 19.2. The summed E-state index contributed by atoms with van der Waals surface area (Å²) in [7, 11) is 0. The first-order chi connectivity index (χ1) is 34.6. The highest BCUT2D eigenvalue weighted by Gasteiger charge is 2.50. The maximum Gasteiger partial charge on any atom is 0.335 e. The minimum absolute atomic E-state index is 0.0222. The van der Waals surface area contributed by atoms with Crippen LogP contribution in [-0.2, 0) is 42.9 Å². The third-order valence-electron chi connectivity index (χ3n) is 12.6. The molecule has 1 fully saturated rings. The Hall–Kier alpha value is -3.58. The van der Waals surface area contributed by atoms with Crippen LogP contribution in [0.2, 0.25) is 0 Å². The molecule has 0 spiro atoms. The lowest BCUT2D eigenvalue weighted by Crippen LogP contribution is -2.61. The number of esters is 3. The number of unbranched alkanes of at least 4 members (excludes halogenated alkanes) is 23. The standard InChI is InChI=1S/C59H100O12/c1-4-7-10-13-16-19-22-23-24-25-26-27-28-29-32-35-38-41-44-47-53(62)70-57-55(64)54(63)56(58(65)66)71-59(57)68-49-50(69-52(61)46-43-40-37-34-31-21-18-15-12-9-6-3)48-67-51(60)45-42-39-36-33-30-20-17-14-11-8-5-2/h7,10,16,19,23-24,26-27,29,32,50,54-57,59,63-64H,4-6,8-9,11-15,17-18,20-22,25,28,30-31,33-49H2,1-3H3,(H,65,66)/b10-7-,19-16-,24-23-,27-26-,32-29-. The van der Waals surface area contributed by atoms with Crippen LogP contribution < -0.4 is 0 Å². The van der Waals surface area contributed by atoms with Crippen LogP contribution in [0.3, 0.4) is 0 Å². The molecule has 1 rings (SSSR count). The van der Waals surface area contributed by atoms with Crippen LogP contribution in [0.4, 0.5) is 0 Å². The Bertz CT molecular complexity index is 1470. The smallest absolute Gasteiger partial charge is 0.335 e.